The lowest BCUT2D eigenvalue weighted by atomic mass is 10.2. The SMILES string of the molecule is Nc1ccc(Nc2ccc(Br)cc2)cc1Br. The van der Waals surface area contributed by atoms with Crippen LogP contribution in [0.2, 0.25) is 0 Å². The van der Waals surface area contributed by atoms with Gasteiger partial charge in [-0.15, -0.1) is 0 Å². The lowest BCUT2D eigenvalue weighted by Crippen LogP contribution is -1.92. The van der Waals surface area contributed by atoms with Crippen molar-refractivity contribution in [2.75, 3.05) is 11.1 Å². The maximum atomic E-state index is 5.72. The largest absolute Gasteiger partial charge is 0.398 e. The van der Waals surface area contributed by atoms with Gasteiger partial charge in [0.1, 0.15) is 0 Å². The van der Waals surface area contributed by atoms with Gasteiger partial charge in [0.2, 0.25) is 0 Å². The maximum Gasteiger partial charge on any atom is 0.0460 e. The summed E-state index contributed by atoms with van der Waals surface area (Å²) in [5, 5.41) is 3.29. The number of anilines is 3. The fourth-order valence-corrected chi connectivity index (χ4v) is 1.95. The molecule has 0 saturated carbocycles. The van der Waals surface area contributed by atoms with Gasteiger partial charge in [-0.1, -0.05) is 15.9 Å². The van der Waals surface area contributed by atoms with Crippen LogP contribution in [0.1, 0.15) is 0 Å². The van der Waals surface area contributed by atoms with Crippen LogP contribution >= 0.6 is 31.9 Å². The van der Waals surface area contributed by atoms with E-state index in [-0.39, 0.29) is 0 Å². The lowest BCUT2D eigenvalue weighted by Gasteiger charge is -2.07. The molecule has 0 aromatic heterocycles. The van der Waals surface area contributed by atoms with Gasteiger partial charge in [-0.05, 0) is 58.4 Å². The topological polar surface area (TPSA) is 38.0 Å². The third-order valence-corrected chi connectivity index (χ3v) is 3.35. The van der Waals surface area contributed by atoms with Crippen LogP contribution in [-0.2, 0) is 0 Å². The summed E-state index contributed by atoms with van der Waals surface area (Å²) in [6.45, 7) is 0. The van der Waals surface area contributed by atoms with Crippen molar-refractivity contribution in [3.63, 3.8) is 0 Å². The molecule has 16 heavy (non-hydrogen) atoms. The van der Waals surface area contributed by atoms with Gasteiger partial charge in [-0.25, -0.2) is 0 Å². The summed E-state index contributed by atoms with van der Waals surface area (Å²) in [5.41, 5.74) is 8.50. The van der Waals surface area contributed by atoms with E-state index in [0.29, 0.717) is 0 Å². The molecule has 0 aliphatic carbocycles. The summed E-state index contributed by atoms with van der Waals surface area (Å²) in [4.78, 5) is 0. The minimum Gasteiger partial charge on any atom is -0.398 e. The van der Waals surface area contributed by atoms with E-state index in [4.69, 9.17) is 5.73 Å². The summed E-state index contributed by atoms with van der Waals surface area (Å²) in [6.07, 6.45) is 0. The predicted octanol–water partition coefficient (Wildman–Crippen LogP) is 4.54. The average molecular weight is 342 g/mol. The minimum absolute atomic E-state index is 0.737. The molecule has 2 aromatic rings. The molecule has 82 valence electrons. The molecule has 0 heterocycles. The van der Waals surface area contributed by atoms with Crippen LogP contribution in [0.25, 0.3) is 0 Å². The quantitative estimate of drug-likeness (QED) is 0.787. The Kier molecular flexibility index (Phi) is 3.51. The number of nitrogen functional groups attached to an aromatic ring is 1. The summed E-state index contributed by atoms with van der Waals surface area (Å²) in [6, 6.07) is 13.8. The normalized spacial score (nSPS) is 10.1. The van der Waals surface area contributed by atoms with E-state index in [9.17, 15) is 0 Å². The molecule has 0 amide bonds. The zero-order chi connectivity index (χ0) is 11.5. The molecule has 0 saturated heterocycles. The second-order valence-corrected chi connectivity index (χ2v) is 5.14. The Bertz CT molecular complexity index is 495. The van der Waals surface area contributed by atoms with Gasteiger partial charge >= 0.3 is 0 Å². The number of benzene rings is 2. The third kappa shape index (κ3) is 2.77. The number of nitrogens with one attached hydrogen (secondary N) is 1. The fourth-order valence-electron chi connectivity index (χ4n) is 1.30. The van der Waals surface area contributed by atoms with Crippen LogP contribution in [0.5, 0.6) is 0 Å². The second-order valence-electron chi connectivity index (χ2n) is 3.37. The van der Waals surface area contributed by atoms with E-state index in [1.807, 2.05) is 42.5 Å². The summed E-state index contributed by atoms with van der Waals surface area (Å²) >= 11 is 6.80. The molecule has 3 N–H and O–H groups in total. The maximum absolute atomic E-state index is 5.72. The van der Waals surface area contributed by atoms with Crippen LogP contribution in [0.4, 0.5) is 17.1 Å². The first kappa shape index (κ1) is 11.5. The van der Waals surface area contributed by atoms with Crippen LogP contribution in [0.3, 0.4) is 0 Å². The lowest BCUT2D eigenvalue weighted by molar-refractivity contribution is 1.52. The average Bonchev–Trinajstić information content (AvgIpc) is 2.27. The Morgan fingerprint density at radius 3 is 2.12 bits per heavy atom. The molecule has 0 unspecified atom stereocenters. The molecular weight excluding hydrogens is 332 g/mol. The van der Waals surface area contributed by atoms with Crippen molar-refractivity contribution < 1.29 is 0 Å². The zero-order valence-electron chi connectivity index (χ0n) is 8.37. The molecule has 0 bridgehead atoms. The molecule has 0 fully saturated rings. The van der Waals surface area contributed by atoms with Crippen molar-refractivity contribution in [1.82, 2.24) is 0 Å². The third-order valence-electron chi connectivity index (χ3n) is 2.13. The van der Waals surface area contributed by atoms with Crippen LogP contribution in [0.15, 0.2) is 51.4 Å². The monoisotopic (exact) mass is 340 g/mol. The van der Waals surface area contributed by atoms with Crippen LogP contribution < -0.4 is 11.1 Å². The van der Waals surface area contributed by atoms with Gasteiger partial charge in [0.05, 0.1) is 0 Å². The molecule has 2 nitrogen and oxygen atoms in total. The standard InChI is InChI=1S/C12H10Br2N2/c13-8-1-3-9(4-2-8)16-10-5-6-12(15)11(14)7-10/h1-7,16H,15H2. The molecule has 2 aromatic carbocycles. The Morgan fingerprint density at radius 1 is 0.875 bits per heavy atom. The van der Waals surface area contributed by atoms with E-state index in [1.54, 1.807) is 0 Å². The van der Waals surface area contributed by atoms with Crippen molar-refractivity contribution >= 4 is 48.9 Å². The van der Waals surface area contributed by atoms with Gasteiger partial charge < -0.3 is 11.1 Å². The van der Waals surface area contributed by atoms with Crippen molar-refractivity contribution in [3.05, 3.63) is 51.4 Å². The number of hydrogen-bond acceptors (Lipinski definition) is 2. The minimum atomic E-state index is 0.737. The van der Waals surface area contributed by atoms with E-state index in [0.717, 1.165) is 26.0 Å². The highest BCUT2D eigenvalue weighted by Crippen LogP contribution is 2.26. The molecule has 0 atom stereocenters. The molecule has 0 aliphatic heterocycles. The number of rotatable bonds is 2. The highest BCUT2D eigenvalue weighted by molar-refractivity contribution is 9.10. The Labute approximate surface area is 111 Å². The first-order valence-electron chi connectivity index (χ1n) is 4.73. The van der Waals surface area contributed by atoms with Crippen molar-refractivity contribution in [1.29, 1.82) is 0 Å². The molecule has 2 rings (SSSR count). The number of nitrogens with two attached hydrogens (primary N) is 1. The van der Waals surface area contributed by atoms with Gasteiger partial charge in [0.15, 0.2) is 0 Å². The van der Waals surface area contributed by atoms with Crippen LogP contribution in [-0.4, -0.2) is 0 Å². The summed E-state index contributed by atoms with van der Waals surface area (Å²) in [5.74, 6) is 0. The van der Waals surface area contributed by atoms with E-state index >= 15 is 0 Å². The Morgan fingerprint density at radius 2 is 1.50 bits per heavy atom. The Balaban J connectivity index is 2.20. The first-order chi connectivity index (χ1) is 7.65. The Hall–Kier alpha value is -1.000. The van der Waals surface area contributed by atoms with Crippen molar-refractivity contribution in [2.45, 2.75) is 0 Å². The smallest absolute Gasteiger partial charge is 0.0460 e. The van der Waals surface area contributed by atoms with E-state index in [1.165, 1.54) is 0 Å². The van der Waals surface area contributed by atoms with Crippen molar-refractivity contribution in [2.24, 2.45) is 0 Å². The molecular formula is C12H10Br2N2. The fraction of sp³-hybridized carbons (Fsp3) is 0. The van der Waals surface area contributed by atoms with Crippen LogP contribution in [0, 0.1) is 0 Å². The predicted molar refractivity (Wildman–Crippen MR) is 76.0 cm³/mol. The van der Waals surface area contributed by atoms with E-state index in [2.05, 4.69) is 37.2 Å². The summed E-state index contributed by atoms with van der Waals surface area (Å²) < 4.78 is 1.96. The number of hydrogen-bond donors (Lipinski definition) is 2. The molecule has 4 heteroatoms. The van der Waals surface area contributed by atoms with Gasteiger partial charge in [0, 0.05) is 26.0 Å². The molecule has 0 radical (unpaired) electrons. The summed E-state index contributed by atoms with van der Waals surface area (Å²) in [7, 11) is 0. The molecule has 0 spiro atoms. The van der Waals surface area contributed by atoms with Gasteiger partial charge in [-0.2, -0.15) is 0 Å². The first-order valence-corrected chi connectivity index (χ1v) is 6.31. The zero-order valence-corrected chi connectivity index (χ0v) is 11.5. The van der Waals surface area contributed by atoms with Gasteiger partial charge in [0.25, 0.3) is 0 Å². The van der Waals surface area contributed by atoms with Gasteiger partial charge in [-0.3, -0.25) is 0 Å². The highest BCUT2D eigenvalue weighted by Gasteiger charge is 1.98. The number of halogens is 2. The molecule has 0 aliphatic rings. The second kappa shape index (κ2) is 4.89. The highest BCUT2D eigenvalue weighted by atomic mass is 79.9. The van der Waals surface area contributed by atoms with Crippen molar-refractivity contribution in [3.8, 4) is 0 Å². The van der Waals surface area contributed by atoms with E-state index < -0.39 is 0 Å².